The summed E-state index contributed by atoms with van der Waals surface area (Å²) in [5, 5.41) is 8.41. The van der Waals surface area contributed by atoms with Crippen LogP contribution in [0.15, 0.2) is 11.3 Å². The van der Waals surface area contributed by atoms with Crippen LogP contribution in [-0.2, 0) is 14.3 Å². The van der Waals surface area contributed by atoms with Gasteiger partial charge in [-0.15, -0.1) is 0 Å². The first-order chi connectivity index (χ1) is 10.8. The summed E-state index contributed by atoms with van der Waals surface area (Å²) in [5.74, 6) is 1.36. The van der Waals surface area contributed by atoms with Gasteiger partial charge in [0, 0.05) is 23.0 Å². The van der Waals surface area contributed by atoms with Crippen molar-refractivity contribution in [1.29, 1.82) is 5.41 Å². The Morgan fingerprint density at radius 2 is 1.57 bits per heavy atom. The average Bonchev–Trinajstić information content (AvgIpc) is 3.37. The fraction of sp³-hybridized carbons (Fsp3) is 0.737. The van der Waals surface area contributed by atoms with Gasteiger partial charge in [-0.3, -0.25) is 9.59 Å². The summed E-state index contributed by atoms with van der Waals surface area (Å²) in [6.07, 6.45) is 6.81. The SMILES string of the molecule is CC1(C)O/C(=C2\CC23C(=N)CCC2(CC2)C3=O)CC2(CC2)C1=O. The minimum Gasteiger partial charge on any atom is -0.484 e. The van der Waals surface area contributed by atoms with Gasteiger partial charge >= 0.3 is 0 Å². The van der Waals surface area contributed by atoms with Crippen molar-refractivity contribution in [1.82, 2.24) is 0 Å². The van der Waals surface area contributed by atoms with Crippen molar-refractivity contribution in [2.24, 2.45) is 16.2 Å². The molecule has 0 radical (unpaired) electrons. The second kappa shape index (κ2) is 3.62. The van der Waals surface area contributed by atoms with Crippen LogP contribution in [0, 0.1) is 21.7 Å². The zero-order valence-electron chi connectivity index (χ0n) is 13.9. The van der Waals surface area contributed by atoms with Gasteiger partial charge in [0.25, 0.3) is 0 Å². The number of nitrogens with one attached hydrogen (secondary N) is 1. The molecule has 5 rings (SSSR count). The Balaban J connectivity index is 1.55. The van der Waals surface area contributed by atoms with Gasteiger partial charge in [-0.25, -0.2) is 0 Å². The molecule has 0 amide bonds. The van der Waals surface area contributed by atoms with Crippen LogP contribution >= 0.6 is 0 Å². The molecule has 1 atom stereocenters. The lowest BCUT2D eigenvalue weighted by molar-refractivity contribution is -0.148. The first-order valence-corrected chi connectivity index (χ1v) is 8.85. The molecule has 0 aromatic rings. The number of rotatable bonds is 0. The Kier molecular flexibility index (Phi) is 2.20. The van der Waals surface area contributed by atoms with Gasteiger partial charge in [-0.2, -0.15) is 0 Å². The third kappa shape index (κ3) is 1.55. The number of carbonyl (C=O) groups is 2. The first-order valence-electron chi connectivity index (χ1n) is 8.85. The van der Waals surface area contributed by atoms with Crippen LogP contribution in [0.5, 0.6) is 0 Å². The summed E-state index contributed by atoms with van der Waals surface area (Å²) >= 11 is 0. The average molecular weight is 313 g/mol. The number of ether oxygens (including phenoxy) is 1. The third-order valence-electron chi connectivity index (χ3n) is 7.02. The summed E-state index contributed by atoms with van der Waals surface area (Å²) < 4.78 is 6.08. The van der Waals surface area contributed by atoms with E-state index in [2.05, 4.69) is 0 Å². The largest absolute Gasteiger partial charge is 0.484 e. The minimum atomic E-state index is -0.794. The second-order valence-electron chi connectivity index (χ2n) is 8.97. The van der Waals surface area contributed by atoms with Crippen LogP contribution in [0.4, 0.5) is 0 Å². The Labute approximate surface area is 136 Å². The van der Waals surface area contributed by atoms with Crippen molar-refractivity contribution in [3.05, 3.63) is 11.3 Å². The van der Waals surface area contributed by atoms with Gasteiger partial charge in [-0.1, -0.05) is 0 Å². The quantitative estimate of drug-likeness (QED) is 0.746. The second-order valence-corrected chi connectivity index (χ2v) is 8.97. The lowest BCUT2D eigenvalue weighted by atomic mass is 9.73. The van der Waals surface area contributed by atoms with Crippen molar-refractivity contribution in [3.63, 3.8) is 0 Å². The Morgan fingerprint density at radius 3 is 2.17 bits per heavy atom. The van der Waals surface area contributed by atoms with Crippen LogP contribution in [0.25, 0.3) is 0 Å². The molecule has 4 aliphatic carbocycles. The predicted octanol–water partition coefficient (Wildman–Crippen LogP) is 3.34. The molecule has 3 spiro atoms. The molecule has 4 saturated carbocycles. The number of allylic oxidation sites excluding steroid dienone is 2. The van der Waals surface area contributed by atoms with Crippen LogP contribution in [0.1, 0.15) is 65.2 Å². The highest BCUT2D eigenvalue weighted by atomic mass is 16.5. The lowest BCUT2D eigenvalue weighted by Crippen LogP contribution is -2.45. The van der Waals surface area contributed by atoms with Gasteiger partial charge < -0.3 is 10.1 Å². The van der Waals surface area contributed by atoms with Gasteiger partial charge in [0.05, 0.1) is 11.2 Å². The summed E-state index contributed by atoms with van der Waals surface area (Å²) in [6.45, 7) is 3.70. The molecule has 1 N–H and O–H groups in total. The number of Topliss-reactive ketones (excluding diaryl/α,β-unsaturated/α-hetero) is 2. The van der Waals surface area contributed by atoms with Crippen molar-refractivity contribution >= 4 is 17.3 Å². The molecule has 1 saturated heterocycles. The molecule has 5 fully saturated rings. The van der Waals surface area contributed by atoms with Crippen molar-refractivity contribution in [2.75, 3.05) is 0 Å². The molecule has 1 aliphatic heterocycles. The highest BCUT2D eigenvalue weighted by molar-refractivity contribution is 6.20. The van der Waals surface area contributed by atoms with E-state index in [1.54, 1.807) is 0 Å². The zero-order valence-corrected chi connectivity index (χ0v) is 13.9. The van der Waals surface area contributed by atoms with Crippen molar-refractivity contribution < 1.29 is 14.3 Å². The Hall–Kier alpha value is -1.45. The molecule has 0 aromatic heterocycles. The maximum atomic E-state index is 13.1. The van der Waals surface area contributed by atoms with E-state index in [0.717, 1.165) is 49.9 Å². The standard InChI is InChI=1S/C19H23NO3/c1-16(2)14(21)18(7-8-18)10-12(23-16)11-9-19(11)13(20)3-4-17(5-6-17)15(19)22/h20H,3-10H2,1-2H3/b12-11+,20-13?. The maximum absolute atomic E-state index is 13.1. The van der Waals surface area contributed by atoms with Crippen molar-refractivity contribution in [3.8, 4) is 0 Å². The summed E-state index contributed by atoms with van der Waals surface area (Å²) in [6, 6.07) is 0. The summed E-state index contributed by atoms with van der Waals surface area (Å²) in [7, 11) is 0. The smallest absolute Gasteiger partial charge is 0.182 e. The fourth-order valence-electron chi connectivity index (χ4n) is 5.11. The van der Waals surface area contributed by atoms with E-state index in [0.29, 0.717) is 18.6 Å². The number of hydrogen-bond acceptors (Lipinski definition) is 4. The molecule has 23 heavy (non-hydrogen) atoms. The highest BCUT2D eigenvalue weighted by Gasteiger charge is 2.71. The molecular weight excluding hydrogens is 290 g/mol. The fourth-order valence-corrected chi connectivity index (χ4v) is 5.11. The Bertz CT molecular complexity index is 709. The minimum absolute atomic E-state index is 0.121. The van der Waals surface area contributed by atoms with Crippen LogP contribution < -0.4 is 0 Å². The van der Waals surface area contributed by atoms with E-state index in [1.807, 2.05) is 13.8 Å². The monoisotopic (exact) mass is 313 g/mol. The molecule has 0 bridgehead atoms. The molecular formula is C19H23NO3. The number of carbonyl (C=O) groups excluding carboxylic acids is 2. The third-order valence-corrected chi connectivity index (χ3v) is 7.02. The summed E-state index contributed by atoms with van der Waals surface area (Å²) in [5.41, 5.74) is -0.167. The van der Waals surface area contributed by atoms with Crippen molar-refractivity contribution in [2.45, 2.75) is 70.8 Å². The van der Waals surface area contributed by atoms with Gasteiger partial charge in [0.15, 0.2) is 17.2 Å². The van der Waals surface area contributed by atoms with E-state index in [-0.39, 0.29) is 22.4 Å². The number of hydrogen-bond donors (Lipinski definition) is 1. The van der Waals surface area contributed by atoms with E-state index < -0.39 is 11.0 Å². The van der Waals surface area contributed by atoms with Gasteiger partial charge in [-0.05, 0) is 64.4 Å². The molecule has 5 aliphatic rings. The summed E-state index contributed by atoms with van der Waals surface area (Å²) in [4.78, 5) is 25.6. The van der Waals surface area contributed by atoms with Gasteiger partial charge in [0.2, 0.25) is 0 Å². The highest BCUT2D eigenvalue weighted by Crippen LogP contribution is 2.69. The number of ketones is 2. The van der Waals surface area contributed by atoms with E-state index in [1.165, 1.54) is 0 Å². The topological polar surface area (TPSA) is 67.2 Å². The van der Waals surface area contributed by atoms with E-state index in [4.69, 9.17) is 10.1 Å². The molecule has 1 heterocycles. The molecule has 1 unspecified atom stereocenters. The van der Waals surface area contributed by atoms with Crippen LogP contribution in [0.2, 0.25) is 0 Å². The Morgan fingerprint density at radius 1 is 0.913 bits per heavy atom. The molecule has 0 aromatic carbocycles. The zero-order chi connectivity index (χ0) is 16.3. The lowest BCUT2D eigenvalue weighted by Gasteiger charge is -2.37. The normalized spacial score (nSPS) is 41.4. The first kappa shape index (κ1) is 13.9. The van der Waals surface area contributed by atoms with E-state index in [9.17, 15) is 9.59 Å². The maximum Gasteiger partial charge on any atom is 0.182 e. The van der Waals surface area contributed by atoms with E-state index >= 15 is 0 Å². The van der Waals surface area contributed by atoms with Crippen LogP contribution in [-0.4, -0.2) is 22.9 Å². The molecule has 4 nitrogen and oxygen atoms in total. The predicted molar refractivity (Wildman–Crippen MR) is 84.2 cm³/mol. The van der Waals surface area contributed by atoms with Crippen LogP contribution in [0.3, 0.4) is 0 Å². The molecule has 4 heteroatoms. The van der Waals surface area contributed by atoms with Gasteiger partial charge in [0.1, 0.15) is 0 Å². The molecule has 122 valence electrons.